The molecule has 2 aliphatic heterocycles. The van der Waals surface area contributed by atoms with Crippen LogP contribution in [-0.2, 0) is 10.0 Å². The minimum atomic E-state index is -3.72. The molecule has 0 aromatic heterocycles. The number of sulfonamides is 1. The fraction of sp³-hybridized carbons (Fsp3) is 0.478. The Morgan fingerprint density at radius 2 is 1.88 bits per heavy atom. The van der Waals surface area contributed by atoms with Crippen molar-refractivity contribution < 1.29 is 27.4 Å². The van der Waals surface area contributed by atoms with Crippen LogP contribution in [0.3, 0.4) is 0 Å². The zero-order valence-electron chi connectivity index (χ0n) is 18.8. The first-order valence-electron chi connectivity index (χ1n) is 10.9. The Hall–Kier alpha value is -2.20. The van der Waals surface area contributed by atoms with Gasteiger partial charge in [0.05, 0.1) is 14.2 Å². The minimum Gasteiger partial charge on any atom is -0.497 e. The lowest BCUT2D eigenvalue weighted by Crippen LogP contribution is -2.45. The second-order valence-electron chi connectivity index (χ2n) is 8.25. The summed E-state index contributed by atoms with van der Waals surface area (Å²) in [6.07, 6.45) is 1.73. The number of fused-ring (bicyclic) bond motifs is 1. The third-order valence-corrected chi connectivity index (χ3v) is 7.70. The molecule has 4 rings (SSSR count). The topological polar surface area (TPSA) is 86.3 Å². The predicted octanol–water partition coefficient (Wildman–Crippen LogP) is 3.19. The van der Waals surface area contributed by atoms with Crippen molar-refractivity contribution in [3.8, 4) is 23.0 Å². The molecule has 0 spiro atoms. The van der Waals surface area contributed by atoms with Crippen LogP contribution in [0.1, 0.15) is 12.8 Å². The van der Waals surface area contributed by atoms with Gasteiger partial charge < -0.3 is 18.9 Å². The SMILES string of the molecule is COc1ccc(OC)c(S(=O)(=O)NCC2CCN(CC3COc4ccc(Cl)cc4O3)CC2)c1. The van der Waals surface area contributed by atoms with Crippen LogP contribution >= 0.6 is 11.6 Å². The molecule has 2 aliphatic rings. The first-order valence-corrected chi connectivity index (χ1v) is 12.8. The average molecular weight is 497 g/mol. The van der Waals surface area contributed by atoms with Crippen LogP contribution in [-0.4, -0.2) is 66.4 Å². The van der Waals surface area contributed by atoms with E-state index in [1.165, 1.54) is 20.3 Å². The maximum absolute atomic E-state index is 12.9. The third-order valence-electron chi connectivity index (χ3n) is 6.02. The Bertz CT molecular complexity index is 1070. The van der Waals surface area contributed by atoms with E-state index >= 15 is 0 Å². The molecule has 1 atom stereocenters. The quantitative estimate of drug-likeness (QED) is 0.600. The molecule has 2 aromatic carbocycles. The van der Waals surface area contributed by atoms with E-state index in [0.717, 1.165) is 32.5 Å². The number of likely N-dealkylation sites (tertiary alicyclic amines) is 1. The maximum Gasteiger partial charge on any atom is 0.244 e. The number of halogens is 1. The summed E-state index contributed by atoms with van der Waals surface area (Å²) < 4.78 is 50.8. The van der Waals surface area contributed by atoms with E-state index in [2.05, 4.69) is 9.62 Å². The van der Waals surface area contributed by atoms with Gasteiger partial charge in [0.1, 0.15) is 29.1 Å². The first kappa shape index (κ1) is 23.9. The zero-order valence-corrected chi connectivity index (χ0v) is 20.3. The van der Waals surface area contributed by atoms with Gasteiger partial charge in [-0.2, -0.15) is 0 Å². The van der Waals surface area contributed by atoms with E-state index in [1.54, 1.807) is 24.3 Å². The maximum atomic E-state index is 12.9. The summed E-state index contributed by atoms with van der Waals surface area (Å²) >= 11 is 6.06. The highest BCUT2D eigenvalue weighted by Crippen LogP contribution is 2.34. The predicted molar refractivity (Wildman–Crippen MR) is 125 cm³/mol. The van der Waals surface area contributed by atoms with Crippen molar-refractivity contribution in [3.63, 3.8) is 0 Å². The number of methoxy groups -OCH3 is 2. The van der Waals surface area contributed by atoms with E-state index in [9.17, 15) is 8.42 Å². The Kier molecular flexibility index (Phi) is 7.53. The lowest BCUT2D eigenvalue weighted by Gasteiger charge is -2.35. The van der Waals surface area contributed by atoms with Crippen molar-refractivity contribution in [1.82, 2.24) is 9.62 Å². The summed E-state index contributed by atoms with van der Waals surface area (Å²) in [5, 5.41) is 0.618. The number of nitrogens with one attached hydrogen (secondary N) is 1. The summed E-state index contributed by atoms with van der Waals surface area (Å²) in [4.78, 5) is 2.41. The number of benzene rings is 2. The Balaban J connectivity index is 1.27. The minimum absolute atomic E-state index is 0.0634. The second-order valence-corrected chi connectivity index (χ2v) is 10.4. The zero-order chi connectivity index (χ0) is 23.4. The summed E-state index contributed by atoms with van der Waals surface area (Å²) in [6, 6.07) is 10.1. The lowest BCUT2D eigenvalue weighted by molar-refractivity contribution is 0.0481. The summed E-state index contributed by atoms with van der Waals surface area (Å²) in [5.74, 6) is 2.40. The molecule has 1 unspecified atom stereocenters. The highest BCUT2D eigenvalue weighted by atomic mass is 35.5. The fourth-order valence-corrected chi connectivity index (χ4v) is 5.60. The largest absolute Gasteiger partial charge is 0.497 e. The van der Waals surface area contributed by atoms with Crippen LogP contribution in [0, 0.1) is 5.92 Å². The Labute approximate surface area is 199 Å². The molecule has 0 bridgehead atoms. The number of ether oxygens (including phenoxy) is 4. The van der Waals surface area contributed by atoms with Crippen LogP contribution in [0.2, 0.25) is 5.02 Å². The number of hydrogen-bond donors (Lipinski definition) is 1. The molecule has 8 nitrogen and oxygen atoms in total. The van der Waals surface area contributed by atoms with Crippen LogP contribution in [0.25, 0.3) is 0 Å². The van der Waals surface area contributed by atoms with Gasteiger partial charge in [0.25, 0.3) is 0 Å². The van der Waals surface area contributed by atoms with Crippen molar-refractivity contribution in [2.45, 2.75) is 23.8 Å². The highest BCUT2D eigenvalue weighted by molar-refractivity contribution is 7.89. The molecule has 0 amide bonds. The fourth-order valence-electron chi connectivity index (χ4n) is 4.14. The van der Waals surface area contributed by atoms with Gasteiger partial charge in [-0.15, -0.1) is 0 Å². The highest BCUT2D eigenvalue weighted by Gasteiger charge is 2.28. The van der Waals surface area contributed by atoms with Crippen molar-refractivity contribution in [3.05, 3.63) is 41.4 Å². The van der Waals surface area contributed by atoms with Crippen molar-refractivity contribution in [2.24, 2.45) is 5.92 Å². The summed E-state index contributed by atoms with van der Waals surface area (Å²) in [5.41, 5.74) is 0. The molecular weight excluding hydrogens is 468 g/mol. The van der Waals surface area contributed by atoms with Gasteiger partial charge in [-0.1, -0.05) is 11.6 Å². The Morgan fingerprint density at radius 1 is 1.09 bits per heavy atom. The lowest BCUT2D eigenvalue weighted by atomic mass is 9.97. The van der Waals surface area contributed by atoms with Gasteiger partial charge in [-0.25, -0.2) is 13.1 Å². The van der Waals surface area contributed by atoms with Crippen LogP contribution in [0.15, 0.2) is 41.3 Å². The van der Waals surface area contributed by atoms with Gasteiger partial charge >= 0.3 is 0 Å². The third kappa shape index (κ3) is 5.84. The normalized spacial score (nSPS) is 19.3. The van der Waals surface area contributed by atoms with Crippen LogP contribution < -0.4 is 23.7 Å². The Morgan fingerprint density at radius 3 is 2.61 bits per heavy atom. The monoisotopic (exact) mass is 496 g/mol. The molecule has 0 radical (unpaired) electrons. The molecule has 33 heavy (non-hydrogen) atoms. The number of hydrogen-bond acceptors (Lipinski definition) is 7. The van der Waals surface area contributed by atoms with Crippen molar-refractivity contribution in [2.75, 3.05) is 47.0 Å². The van der Waals surface area contributed by atoms with E-state index in [0.29, 0.717) is 35.4 Å². The molecule has 180 valence electrons. The van der Waals surface area contributed by atoms with Gasteiger partial charge in [0.15, 0.2) is 11.5 Å². The first-order chi connectivity index (χ1) is 15.9. The standard InChI is InChI=1S/C23H29ClN2O6S/c1-29-18-4-6-21(30-2)23(12-18)33(27,28)25-13-16-7-9-26(10-8-16)14-19-15-31-20-5-3-17(24)11-22(20)32-19/h3-6,11-12,16,19,25H,7-10,13-15H2,1-2H3. The van der Waals surface area contributed by atoms with Gasteiger partial charge in [0, 0.05) is 30.2 Å². The number of nitrogens with zero attached hydrogens (tertiary/aromatic N) is 1. The molecular formula is C23H29ClN2O6S. The molecule has 2 aromatic rings. The van der Waals surface area contributed by atoms with E-state index in [-0.39, 0.29) is 22.7 Å². The molecule has 0 aliphatic carbocycles. The van der Waals surface area contributed by atoms with Crippen LogP contribution in [0.5, 0.6) is 23.0 Å². The van der Waals surface area contributed by atoms with Gasteiger partial charge in [-0.3, -0.25) is 4.90 Å². The smallest absolute Gasteiger partial charge is 0.244 e. The summed E-state index contributed by atoms with van der Waals surface area (Å²) in [7, 11) is -0.772. The van der Waals surface area contributed by atoms with Crippen molar-refractivity contribution >= 4 is 21.6 Å². The molecule has 1 saturated heterocycles. The number of piperidine rings is 1. The van der Waals surface area contributed by atoms with E-state index < -0.39 is 10.0 Å². The van der Waals surface area contributed by atoms with Gasteiger partial charge in [0.2, 0.25) is 10.0 Å². The van der Waals surface area contributed by atoms with E-state index in [1.807, 2.05) is 6.07 Å². The molecule has 0 saturated carbocycles. The molecule has 1 fully saturated rings. The van der Waals surface area contributed by atoms with Crippen LogP contribution in [0.4, 0.5) is 0 Å². The molecule has 1 N–H and O–H groups in total. The molecule has 2 heterocycles. The van der Waals surface area contributed by atoms with Crippen molar-refractivity contribution in [1.29, 1.82) is 0 Å². The summed E-state index contributed by atoms with van der Waals surface area (Å²) in [6.45, 7) is 3.38. The number of rotatable bonds is 8. The molecule has 10 heteroatoms. The second kappa shape index (κ2) is 10.4. The average Bonchev–Trinajstić information content (AvgIpc) is 2.83. The van der Waals surface area contributed by atoms with Gasteiger partial charge in [-0.05, 0) is 56.1 Å². The van der Waals surface area contributed by atoms with E-state index in [4.69, 9.17) is 30.5 Å².